The van der Waals surface area contributed by atoms with Crippen LogP contribution in [0.4, 0.5) is 0 Å². The van der Waals surface area contributed by atoms with Crippen molar-refractivity contribution in [1.82, 2.24) is 5.09 Å². The van der Waals surface area contributed by atoms with Gasteiger partial charge in [-0.05, 0) is 38.8 Å². The Kier molecular flexibility index (Phi) is 10.1. The molecular weight excluding hydrogens is 345 g/mol. The van der Waals surface area contributed by atoms with Gasteiger partial charge in [0.05, 0.1) is 13.2 Å². The van der Waals surface area contributed by atoms with Gasteiger partial charge in [-0.25, -0.2) is 5.09 Å². The van der Waals surface area contributed by atoms with Crippen molar-refractivity contribution in [2.45, 2.75) is 39.7 Å². The Balaban J connectivity index is 2.69. The molecule has 25 heavy (non-hydrogen) atoms. The van der Waals surface area contributed by atoms with Crippen molar-refractivity contribution < 1.29 is 28.1 Å². The number of rotatable bonds is 11. The third-order valence-electron chi connectivity index (χ3n) is 3.16. The number of ether oxygens (including phenoxy) is 2. The molecule has 0 fully saturated rings. The van der Waals surface area contributed by atoms with Crippen LogP contribution < -0.4 is 9.61 Å². The highest BCUT2D eigenvalue weighted by molar-refractivity contribution is 7.45. The summed E-state index contributed by atoms with van der Waals surface area (Å²) in [4.78, 5) is 23.3. The van der Waals surface area contributed by atoms with Gasteiger partial charge in [-0.3, -0.25) is 9.59 Å². The van der Waals surface area contributed by atoms with Crippen molar-refractivity contribution in [2.24, 2.45) is 0 Å². The van der Waals surface area contributed by atoms with Gasteiger partial charge < -0.3 is 18.5 Å². The molecule has 0 radical (unpaired) electrons. The maximum absolute atomic E-state index is 11.7. The zero-order chi connectivity index (χ0) is 18.7. The molecule has 1 aromatic rings. The number of hydrogen-bond donors (Lipinski definition) is 1. The first kappa shape index (κ1) is 21.4. The molecule has 2 atom stereocenters. The Labute approximate surface area is 150 Å². The molecule has 8 heteroatoms. The first-order chi connectivity index (χ1) is 12.0. The third-order valence-corrected chi connectivity index (χ3v) is 4.45. The Bertz CT molecular complexity index is 554. The molecule has 0 aliphatic heterocycles. The molecule has 0 bridgehead atoms. The highest BCUT2D eigenvalue weighted by Gasteiger charge is 2.22. The van der Waals surface area contributed by atoms with Gasteiger partial charge in [-0.15, -0.1) is 0 Å². The molecule has 0 saturated heterocycles. The number of benzene rings is 1. The van der Waals surface area contributed by atoms with E-state index in [1.54, 1.807) is 26.8 Å². The minimum absolute atomic E-state index is 0.250. The van der Waals surface area contributed by atoms with Gasteiger partial charge in [0.1, 0.15) is 11.8 Å². The lowest BCUT2D eigenvalue weighted by Crippen LogP contribution is -2.33. The fourth-order valence-corrected chi connectivity index (χ4v) is 2.96. The van der Waals surface area contributed by atoms with E-state index in [1.807, 2.05) is 18.2 Å². The molecule has 0 saturated carbocycles. The average molecular weight is 371 g/mol. The summed E-state index contributed by atoms with van der Waals surface area (Å²) in [6.45, 7) is 5.88. The zero-order valence-corrected chi connectivity index (χ0v) is 16.0. The van der Waals surface area contributed by atoms with Crippen molar-refractivity contribution in [1.29, 1.82) is 0 Å². The quantitative estimate of drug-likeness (QED) is 0.473. The fourth-order valence-electron chi connectivity index (χ4n) is 1.95. The van der Waals surface area contributed by atoms with E-state index in [4.69, 9.17) is 18.5 Å². The SMILES string of the molecule is CCOC(=O)CCc1ccccc1O[P@](N[C@@H](C)C(=O)OCC)OC. The summed E-state index contributed by atoms with van der Waals surface area (Å²) in [5, 5.41) is 2.97. The van der Waals surface area contributed by atoms with Crippen LogP contribution >= 0.6 is 8.53 Å². The monoisotopic (exact) mass is 371 g/mol. The highest BCUT2D eigenvalue weighted by atomic mass is 31.2. The Morgan fingerprint density at radius 3 is 2.48 bits per heavy atom. The smallest absolute Gasteiger partial charge is 0.323 e. The zero-order valence-electron chi connectivity index (χ0n) is 15.1. The van der Waals surface area contributed by atoms with E-state index >= 15 is 0 Å². The number of nitrogens with one attached hydrogen (secondary N) is 1. The molecule has 0 aromatic heterocycles. The topological polar surface area (TPSA) is 83.1 Å². The molecule has 0 aliphatic carbocycles. The lowest BCUT2D eigenvalue weighted by Gasteiger charge is -2.21. The molecule has 1 N–H and O–H groups in total. The van der Waals surface area contributed by atoms with E-state index in [0.717, 1.165) is 5.56 Å². The van der Waals surface area contributed by atoms with E-state index in [0.29, 0.717) is 25.4 Å². The average Bonchev–Trinajstić information content (AvgIpc) is 2.60. The van der Waals surface area contributed by atoms with Crippen LogP contribution in [-0.4, -0.2) is 38.3 Å². The van der Waals surface area contributed by atoms with Crippen molar-refractivity contribution in [3.8, 4) is 5.75 Å². The molecule has 7 nitrogen and oxygen atoms in total. The summed E-state index contributed by atoms with van der Waals surface area (Å²) >= 11 is 0. The normalized spacial score (nSPS) is 13.0. The van der Waals surface area contributed by atoms with E-state index in [9.17, 15) is 9.59 Å². The van der Waals surface area contributed by atoms with Crippen LogP contribution in [0.15, 0.2) is 24.3 Å². The lowest BCUT2D eigenvalue weighted by molar-refractivity contribution is -0.145. The number of carbonyl (C=O) groups is 2. The Hall–Kier alpha value is -1.69. The molecule has 0 spiro atoms. The highest BCUT2D eigenvalue weighted by Crippen LogP contribution is 2.37. The first-order valence-electron chi connectivity index (χ1n) is 8.20. The van der Waals surface area contributed by atoms with Crippen LogP contribution in [-0.2, 0) is 30.0 Å². The Morgan fingerprint density at radius 1 is 1.16 bits per heavy atom. The van der Waals surface area contributed by atoms with Crippen molar-refractivity contribution >= 4 is 20.5 Å². The van der Waals surface area contributed by atoms with E-state index < -0.39 is 14.6 Å². The first-order valence-corrected chi connectivity index (χ1v) is 9.38. The minimum Gasteiger partial charge on any atom is -0.466 e. The van der Waals surface area contributed by atoms with E-state index in [1.165, 1.54) is 7.11 Å². The third kappa shape index (κ3) is 7.82. The predicted octanol–water partition coefficient (Wildman–Crippen LogP) is 2.98. The molecular formula is C17H26NO6P. The molecule has 1 aromatic carbocycles. The van der Waals surface area contributed by atoms with Gasteiger partial charge in [0.15, 0.2) is 0 Å². The maximum atomic E-state index is 11.7. The summed E-state index contributed by atoms with van der Waals surface area (Å²) in [6.07, 6.45) is 0.765. The van der Waals surface area contributed by atoms with E-state index in [2.05, 4.69) is 5.09 Å². The molecule has 0 heterocycles. The van der Waals surface area contributed by atoms with Crippen LogP contribution in [0.1, 0.15) is 32.8 Å². The van der Waals surface area contributed by atoms with Crippen LogP contribution in [0.25, 0.3) is 0 Å². The van der Waals surface area contributed by atoms with Gasteiger partial charge in [0, 0.05) is 13.5 Å². The summed E-state index contributed by atoms with van der Waals surface area (Å²) < 4.78 is 21.1. The van der Waals surface area contributed by atoms with Gasteiger partial charge in [-0.1, -0.05) is 18.2 Å². The van der Waals surface area contributed by atoms with Crippen molar-refractivity contribution in [3.63, 3.8) is 0 Å². The largest absolute Gasteiger partial charge is 0.466 e. The van der Waals surface area contributed by atoms with Gasteiger partial charge in [0.25, 0.3) is 0 Å². The molecule has 140 valence electrons. The van der Waals surface area contributed by atoms with Crippen LogP contribution in [0.5, 0.6) is 5.75 Å². The fraction of sp³-hybridized carbons (Fsp3) is 0.529. The summed E-state index contributed by atoms with van der Waals surface area (Å²) in [6, 6.07) is 6.83. The second-order valence-electron chi connectivity index (χ2n) is 5.05. The number of esters is 2. The standard InChI is InChI=1S/C17H26NO6P/c1-5-22-16(19)12-11-14-9-7-8-10-15(14)24-25(21-4)18-13(3)17(20)23-6-2/h7-10,13,18H,5-6,11-12H2,1-4H3/t13-,25+/m0/s1. The lowest BCUT2D eigenvalue weighted by atomic mass is 10.1. The number of hydrogen-bond acceptors (Lipinski definition) is 7. The van der Waals surface area contributed by atoms with Gasteiger partial charge in [0.2, 0.25) is 0 Å². The van der Waals surface area contributed by atoms with E-state index in [-0.39, 0.29) is 18.4 Å². The summed E-state index contributed by atoms with van der Waals surface area (Å²) in [5.74, 6) is -0.0186. The van der Waals surface area contributed by atoms with Crippen LogP contribution in [0, 0.1) is 0 Å². The number of para-hydroxylation sites is 1. The predicted molar refractivity (Wildman–Crippen MR) is 95.2 cm³/mol. The van der Waals surface area contributed by atoms with Crippen molar-refractivity contribution in [3.05, 3.63) is 29.8 Å². The van der Waals surface area contributed by atoms with Gasteiger partial charge >= 0.3 is 20.5 Å². The summed E-state index contributed by atoms with van der Waals surface area (Å²) in [7, 11) is -0.0355. The summed E-state index contributed by atoms with van der Waals surface area (Å²) in [5.41, 5.74) is 0.866. The molecule has 0 unspecified atom stereocenters. The maximum Gasteiger partial charge on any atom is 0.323 e. The minimum atomic E-state index is -1.53. The van der Waals surface area contributed by atoms with Gasteiger partial charge in [-0.2, -0.15) is 0 Å². The Morgan fingerprint density at radius 2 is 1.84 bits per heavy atom. The van der Waals surface area contributed by atoms with Crippen molar-refractivity contribution in [2.75, 3.05) is 20.3 Å². The second kappa shape index (κ2) is 11.8. The number of carbonyl (C=O) groups excluding carboxylic acids is 2. The van der Waals surface area contributed by atoms with Crippen LogP contribution in [0.3, 0.4) is 0 Å². The molecule has 0 aliphatic rings. The number of aryl methyl sites for hydroxylation is 1. The van der Waals surface area contributed by atoms with Crippen LogP contribution in [0.2, 0.25) is 0 Å². The second-order valence-corrected chi connectivity index (χ2v) is 6.37. The molecule has 0 amide bonds. The molecule has 1 rings (SSSR count).